The van der Waals surface area contributed by atoms with Gasteiger partial charge in [0.15, 0.2) is 0 Å². The molecule has 0 unspecified atom stereocenters. The van der Waals surface area contributed by atoms with Crippen LogP contribution < -0.4 is 5.32 Å². The van der Waals surface area contributed by atoms with Gasteiger partial charge < -0.3 is 15.1 Å². The predicted molar refractivity (Wildman–Crippen MR) is 131 cm³/mol. The van der Waals surface area contributed by atoms with E-state index in [0.29, 0.717) is 12.1 Å². The van der Waals surface area contributed by atoms with E-state index >= 15 is 0 Å². The Hall–Kier alpha value is -1.79. The molecule has 0 amide bonds. The van der Waals surface area contributed by atoms with Gasteiger partial charge >= 0.3 is 0 Å². The fraction of sp³-hybridized carbons (Fsp3) is 0.593. The molecule has 0 radical (unpaired) electrons. The molecule has 3 heterocycles. The Morgan fingerprint density at radius 2 is 1.84 bits per heavy atom. The van der Waals surface area contributed by atoms with Crippen LogP contribution >= 0.6 is 0 Å². The first-order valence-corrected chi connectivity index (χ1v) is 12.6. The van der Waals surface area contributed by atoms with Crippen molar-refractivity contribution in [2.24, 2.45) is 0 Å². The fourth-order valence-electron chi connectivity index (χ4n) is 5.82. The molecular weight excluding hydrogens is 394 g/mol. The van der Waals surface area contributed by atoms with Crippen LogP contribution in [0.15, 0.2) is 42.6 Å². The first kappa shape index (κ1) is 22.0. The number of fused-ring (bicyclic) bond motifs is 2. The number of nitrogens with zero attached hydrogens (tertiary/aromatic N) is 4. The van der Waals surface area contributed by atoms with Crippen molar-refractivity contribution in [3.8, 4) is 0 Å². The third kappa shape index (κ3) is 5.23. The minimum Gasteiger partial charge on any atom is -0.308 e. The van der Waals surface area contributed by atoms with E-state index in [2.05, 4.69) is 63.5 Å². The van der Waals surface area contributed by atoms with Gasteiger partial charge in [-0.25, -0.2) is 0 Å². The highest BCUT2D eigenvalue weighted by Gasteiger charge is 2.30. The van der Waals surface area contributed by atoms with E-state index in [9.17, 15) is 0 Å². The van der Waals surface area contributed by atoms with Gasteiger partial charge in [-0.3, -0.25) is 9.88 Å². The monoisotopic (exact) mass is 433 g/mol. The minimum absolute atomic E-state index is 0.464. The second-order valence-corrected chi connectivity index (χ2v) is 10.00. The normalized spacial score (nSPS) is 24.3. The Morgan fingerprint density at radius 3 is 2.72 bits per heavy atom. The summed E-state index contributed by atoms with van der Waals surface area (Å²) >= 11 is 0. The highest BCUT2D eigenvalue weighted by molar-refractivity contribution is 5.30. The molecule has 1 aromatic heterocycles. The number of aryl methyl sites for hydroxylation is 1. The summed E-state index contributed by atoms with van der Waals surface area (Å²) in [7, 11) is 2.24. The first-order chi connectivity index (χ1) is 15.8. The van der Waals surface area contributed by atoms with Crippen LogP contribution in [-0.4, -0.2) is 78.6 Å². The maximum absolute atomic E-state index is 4.88. The van der Waals surface area contributed by atoms with E-state index < -0.39 is 0 Å². The molecule has 172 valence electrons. The lowest BCUT2D eigenvalue weighted by Crippen LogP contribution is -2.48. The van der Waals surface area contributed by atoms with E-state index in [4.69, 9.17) is 4.98 Å². The molecular formula is C27H39N5. The van der Waals surface area contributed by atoms with Gasteiger partial charge in [0.25, 0.3) is 0 Å². The summed E-state index contributed by atoms with van der Waals surface area (Å²) in [6.45, 7) is 9.31. The molecule has 32 heavy (non-hydrogen) atoms. The Morgan fingerprint density at radius 1 is 1.03 bits per heavy atom. The summed E-state index contributed by atoms with van der Waals surface area (Å²) in [5.41, 5.74) is 5.80. The molecule has 5 rings (SSSR count). The smallest absolute Gasteiger partial charge is 0.0607 e. The molecule has 1 N–H and O–H groups in total. The van der Waals surface area contributed by atoms with Gasteiger partial charge in [0.2, 0.25) is 0 Å². The lowest BCUT2D eigenvalue weighted by atomic mass is 9.89. The van der Waals surface area contributed by atoms with E-state index in [1.165, 1.54) is 80.8 Å². The standard InChI is InChI=1S/C27H39N5/c1-30-15-17-31(18-16-30)13-6-14-32(26-11-4-9-22-10-5-12-28-27(22)26)21-25-19-23-7-2-3-8-24(23)20-29-25/h2-3,5,7-8,10,12,25-26,29H,4,6,9,11,13-21H2,1H3/t25-,26+/m1/s1. The zero-order chi connectivity index (χ0) is 21.8. The number of hydrogen-bond donors (Lipinski definition) is 1. The van der Waals surface area contributed by atoms with Crippen molar-refractivity contribution in [1.29, 1.82) is 0 Å². The summed E-state index contributed by atoms with van der Waals surface area (Å²) < 4.78 is 0. The number of nitrogens with one attached hydrogen (secondary N) is 1. The molecule has 0 spiro atoms. The van der Waals surface area contributed by atoms with E-state index in [1.807, 2.05) is 6.20 Å². The van der Waals surface area contributed by atoms with E-state index in [-0.39, 0.29) is 0 Å². The summed E-state index contributed by atoms with van der Waals surface area (Å²) in [6, 6.07) is 14.3. The molecule has 2 aliphatic heterocycles. The van der Waals surface area contributed by atoms with Gasteiger partial charge in [-0.1, -0.05) is 30.3 Å². The van der Waals surface area contributed by atoms with Crippen LogP contribution in [0.1, 0.15) is 47.7 Å². The molecule has 5 nitrogen and oxygen atoms in total. The molecule has 1 aromatic carbocycles. The number of pyridine rings is 1. The molecule has 0 saturated carbocycles. The highest BCUT2D eigenvalue weighted by atomic mass is 15.2. The molecule has 0 bridgehead atoms. The van der Waals surface area contributed by atoms with Crippen molar-refractivity contribution >= 4 is 0 Å². The number of hydrogen-bond acceptors (Lipinski definition) is 5. The fourth-order valence-corrected chi connectivity index (χ4v) is 5.82. The molecule has 2 atom stereocenters. The highest BCUT2D eigenvalue weighted by Crippen LogP contribution is 2.33. The van der Waals surface area contributed by atoms with Crippen molar-refractivity contribution in [2.75, 3.05) is 52.9 Å². The van der Waals surface area contributed by atoms with Gasteiger partial charge in [0, 0.05) is 58.1 Å². The molecule has 1 fully saturated rings. The predicted octanol–water partition coefficient (Wildman–Crippen LogP) is 3.11. The van der Waals surface area contributed by atoms with Crippen LogP contribution in [0.2, 0.25) is 0 Å². The van der Waals surface area contributed by atoms with E-state index in [0.717, 1.165) is 26.1 Å². The summed E-state index contributed by atoms with van der Waals surface area (Å²) in [4.78, 5) is 12.7. The summed E-state index contributed by atoms with van der Waals surface area (Å²) in [5, 5.41) is 3.84. The van der Waals surface area contributed by atoms with Crippen LogP contribution in [0.5, 0.6) is 0 Å². The van der Waals surface area contributed by atoms with Crippen LogP contribution in [0, 0.1) is 0 Å². The van der Waals surface area contributed by atoms with Crippen LogP contribution in [0.25, 0.3) is 0 Å². The Balaban J connectivity index is 1.27. The number of aromatic nitrogens is 1. The minimum atomic E-state index is 0.464. The number of rotatable bonds is 7. The van der Waals surface area contributed by atoms with Crippen molar-refractivity contribution < 1.29 is 0 Å². The van der Waals surface area contributed by atoms with Gasteiger partial charge in [-0.2, -0.15) is 0 Å². The Labute approximate surface area is 193 Å². The maximum atomic E-state index is 4.88. The van der Waals surface area contributed by atoms with Gasteiger partial charge in [0.1, 0.15) is 0 Å². The number of benzene rings is 1. The molecule has 2 aromatic rings. The topological polar surface area (TPSA) is 34.6 Å². The zero-order valence-electron chi connectivity index (χ0n) is 19.7. The second-order valence-electron chi connectivity index (χ2n) is 10.00. The lowest BCUT2D eigenvalue weighted by molar-refractivity contribution is 0.124. The van der Waals surface area contributed by atoms with E-state index in [1.54, 1.807) is 0 Å². The quantitative estimate of drug-likeness (QED) is 0.726. The first-order valence-electron chi connectivity index (χ1n) is 12.6. The van der Waals surface area contributed by atoms with Crippen LogP contribution in [-0.2, 0) is 19.4 Å². The zero-order valence-corrected chi connectivity index (χ0v) is 19.7. The largest absolute Gasteiger partial charge is 0.308 e. The molecule has 1 aliphatic carbocycles. The van der Waals surface area contributed by atoms with Crippen LogP contribution in [0.4, 0.5) is 0 Å². The second kappa shape index (κ2) is 10.4. The molecule has 3 aliphatic rings. The van der Waals surface area contributed by atoms with Gasteiger partial charge in [-0.05, 0) is 68.5 Å². The molecule has 5 heteroatoms. The third-order valence-electron chi connectivity index (χ3n) is 7.74. The summed E-state index contributed by atoms with van der Waals surface area (Å²) in [5.74, 6) is 0. The number of piperazine rings is 1. The summed E-state index contributed by atoms with van der Waals surface area (Å²) in [6.07, 6.45) is 8.07. The van der Waals surface area contributed by atoms with Gasteiger partial charge in [0.05, 0.1) is 11.7 Å². The number of likely N-dealkylation sites (N-methyl/N-ethyl adjacent to an activating group) is 1. The Kier molecular flexibility index (Phi) is 7.18. The van der Waals surface area contributed by atoms with Crippen molar-refractivity contribution in [3.63, 3.8) is 0 Å². The van der Waals surface area contributed by atoms with Gasteiger partial charge in [-0.15, -0.1) is 0 Å². The maximum Gasteiger partial charge on any atom is 0.0607 e. The van der Waals surface area contributed by atoms with Crippen molar-refractivity contribution in [3.05, 3.63) is 65.0 Å². The third-order valence-corrected chi connectivity index (χ3v) is 7.74. The van der Waals surface area contributed by atoms with Crippen molar-refractivity contribution in [2.45, 2.75) is 50.7 Å². The molecule has 1 saturated heterocycles. The van der Waals surface area contributed by atoms with Crippen molar-refractivity contribution in [1.82, 2.24) is 25.0 Å². The average Bonchev–Trinajstić information content (AvgIpc) is 2.84. The Bertz CT molecular complexity index is 876. The SMILES string of the molecule is CN1CCN(CCCN(C[C@H]2Cc3ccccc3CN2)[C@H]2CCCc3cccnc32)CC1. The lowest BCUT2D eigenvalue weighted by Gasteiger charge is -2.39. The van der Waals surface area contributed by atoms with Crippen LogP contribution in [0.3, 0.4) is 0 Å². The average molecular weight is 434 g/mol.